The molecule has 0 bridgehead atoms. The molecule has 1 amide bonds. The number of imidazole rings is 1. The van der Waals surface area contributed by atoms with Crippen molar-refractivity contribution in [3.8, 4) is 11.5 Å². The summed E-state index contributed by atoms with van der Waals surface area (Å²) in [4.78, 5) is 46.3. The Morgan fingerprint density at radius 3 is 2.18 bits per heavy atom. The molecule has 14 nitrogen and oxygen atoms in total. The number of ether oxygens (including phenoxy) is 4. The molecule has 0 spiro atoms. The van der Waals surface area contributed by atoms with E-state index in [1.165, 1.54) is 10.9 Å². The van der Waals surface area contributed by atoms with Crippen LogP contribution >= 0.6 is 8.25 Å². The Morgan fingerprint density at radius 2 is 1.62 bits per heavy atom. The molecule has 50 heavy (non-hydrogen) atoms. The molecule has 6 rings (SSSR count). The van der Waals surface area contributed by atoms with Crippen molar-refractivity contribution in [3.63, 3.8) is 0 Å². The lowest BCUT2D eigenvalue weighted by Crippen LogP contribution is -2.38. The lowest BCUT2D eigenvalue weighted by atomic mass is 9.80. The maximum atomic E-state index is 12.9. The van der Waals surface area contributed by atoms with Gasteiger partial charge in [-0.2, -0.15) is 4.98 Å². The van der Waals surface area contributed by atoms with Crippen LogP contribution in [-0.2, 0) is 29.0 Å². The second-order valence-electron chi connectivity index (χ2n) is 12.0. The van der Waals surface area contributed by atoms with Crippen LogP contribution < -0.4 is 20.3 Å². The summed E-state index contributed by atoms with van der Waals surface area (Å²) in [6.07, 6.45) is -1.02. The molecule has 0 saturated carbocycles. The molecule has 15 heteroatoms. The Labute approximate surface area is 288 Å². The van der Waals surface area contributed by atoms with Crippen molar-refractivity contribution in [1.29, 1.82) is 0 Å². The van der Waals surface area contributed by atoms with Gasteiger partial charge in [-0.25, -0.2) is 4.98 Å². The number of carbonyl (C=O) groups is 1. The van der Waals surface area contributed by atoms with Gasteiger partial charge in [0.1, 0.15) is 29.4 Å². The standard InChI is InChI=1S/C35H38N5O9P/c1-21(2)32(41)38-34-37-31-30(33(42)39-34)36-20-40(31)29-18-27(49-50(43)44)28(48-29)19-47-35(22-8-6-5-7-9-22,23-10-14-25(45-3)15-11-23)24-12-16-26(46-4)17-13-24/h5-17,20-21,27-29,50H,18-19H2,1-4H3,(H,43,44)(H2,37,38,39,41,42)/t27?,28-,29-/m1/s1. The van der Waals surface area contributed by atoms with Crippen molar-refractivity contribution in [2.45, 2.75) is 44.3 Å². The maximum Gasteiger partial charge on any atom is 0.316 e. The van der Waals surface area contributed by atoms with E-state index in [2.05, 4.69) is 20.3 Å². The average Bonchev–Trinajstić information content (AvgIpc) is 3.73. The summed E-state index contributed by atoms with van der Waals surface area (Å²) in [6, 6.07) is 24.8. The zero-order valence-corrected chi connectivity index (χ0v) is 28.9. The highest BCUT2D eigenvalue weighted by atomic mass is 31.1. The second kappa shape index (κ2) is 15.0. The minimum absolute atomic E-state index is 0.0335. The molecule has 2 unspecified atom stereocenters. The van der Waals surface area contributed by atoms with Crippen LogP contribution in [0.25, 0.3) is 11.2 Å². The number of benzene rings is 3. The van der Waals surface area contributed by atoms with E-state index in [-0.39, 0.29) is 42.0 Å². The van der Waals surface area contributed by atoms with Crippen LogP contribution in [0, 0.1) is 5.92 Å². The molecule has 3 heterocycles. The summed E-state index contributed by atoms with van der Waals surface area (Å²) in [5.74, 6) is 0.616. The molecular formula is C35H38N5O9P. The smallest absolute Gasteiger partial charge is 0.316 e. The number of anilines is 1. The van der Waals surface area contributed by atoms with Crippen molar-refractivity contribution in [1.82, 2.24) is 19.5 Å². The van der Waals surface area contributed by atoms with Gasteiger partial charge in [-0.1, -0.05) is 68.4 Å². The molecule has 1 aliphatic heterocycles. The molecule has 1 aliphatic rings. The Kier molecular flexibility index (Phi) is 10.5. The highest BCUT2D eigenvalue weighted by Gasteiger charge is 2.43. The summed E-state index contributed by atoms with van der Waals surface area (Å²) in [7, 11) is -0.207. The molecule has 3 N–H and O–H groups in total. The number of methoxy groups -OCH3 is 2. The maximum absolute atomic E-state index is 12.9. The Bertz CT molecular complexity index is 1970. The summed E-state index contributed by atoms with van der Waals surface area (Å²) in [6.45, 7) is 3.35. The fourth-order valence-corrected chi connectivity index (χ4v) is 6.52. The molecule has 0 aliphatic carbocycles. The largest absolute Gasteiger partial charge is 0.497 e. The van der Waals surface area contributed by atoms with Gasteiger partial charge in [0.25, 0.3) is 5.56 Å². The first-order valence-corrected chi connectivity index (χ1v) is 17.2. The van der Waals surface area contributed by atoms with Gasteiger partial charge in [-0.3, -0.25) is 29.0 Å². The monoisotopic (exact) mass is 703 g/mol. The molecule has 1 fully saturated rings. The number of H-pyrrole nitrogens is 1. The van der Waals surface area contributed by atoms with Gasteiger partial charge in [0.2, 0.25) is 11.9 Å². The molecule has 0 radical (unpaired) electrons. The van der Waals surface area contributed by atoms with Gasteiger partial charge in [0.15, 0.2) is 11.2 Å². The fraction of sp³-hybridized carbons (Fsp3) is 0.314. The van der Waals surface area contributed by atoms with Gasteiger partial charge in [0, 0.05) is 12.3 Å². The van der Waals surface area contributed by atoms with Crippen LogP contribution in [0.4, 0.5) is 5.95 Å². The zero-order chi connectivity index (χ0) is 35.4. The summed E-state index contributed by atoms with van der Waals surface area (Å²) >= 11 is 0. The van der Waals surface area contributed by atoms with Crippen LogP contribution in [0.1, 0.15) is 43.2 Å². The number of hydrogen-bond donors (Lipinski definition) is 3. The van der Waals surface area contributed by atoms with E-state index in [4.69, 9.17) is 23.5 Å². The molecular weight excluding hydrogens is 665 g/mol. The van der Waals surface area contributed by atoms with E-state index in [1.807, 2.05) is 78.9 Å². The Hall–Kier alpha value is -4.85. The van der Waals surface area contributed by atoms with Crippen LogP contribution in [0.2, 0.25) is 0 Å². The number of fused-ring (bicyclic) bond motifs is 1. The van der Waals surface area contributed by atoms with Gasteiger partial charge < -0.3 is 28.4 Å². The molecule has 5 aromatic rings. The number of nitrogens with one attached hydrogen (secondary N) is 2. The normalized spacial score (nSPS) is 18.3. The lowest BCUT2D eigenvalue weighted by Gasteiger charge is -2.37. The molecule has 1 saturated heterocycles. The quantitative estimate of drug-likeness (QED) is 0.114. The minimum atomic E-state index is -3.40. The summed E-state index contributed by atoms with van der Waals surface area (Å²) in [5, 5.41) is 2.61. The van der Waals surface area contributed by atoms with Crippen molar-refractivity contribution in [3.05, 3.63) is 112 Å². The molecule has 262 valence electrons. The summed E-state index contributed by atoms with van der Waals surface area (Å²) < 4.78 is 43.4. The molecule has 2 aromatic heterocycles. The zero-order valence-electron chi connectivity index (χ0n) is 27.9. The summed E-state index contributed by atoms with van der Waals surface area (Å²) in [5.41, 5.74) is 0.852. The number of carbonyl (C=O) groups excluding carboxylic acids is 1. The first-order chi connectivity index (χ1) is 24.1. The van der Waals surface area contributed by atoms with Gasteiger partial charge >= 0.3 is 8.25 Å². The Balaban J connectivity index is 1.38. The van der Waals surface area contributed by atoms with E-state index in [9.17, 15) is 19.0 Å². The van der Waals surface area contributed by atoms with Crippen LogP contribution in [0.3, 0.4) is 0 Å². The van der Waals surface area contributed by atoms with Crippen LogP contribution in [-0.4, -0.2) is 63.4 Å². The topological polar surface area (TPSA) is 176 Å². The van der Waals surface area contributed by atoms with Crippen LogP contribution in [0.5, 0.6) is 11.5 Å². The number of hydrogen-bond acceptors (Lipinski definition) is 10. The Morgan fingerprint density at radius 1 is 1.02 bits per heavy atom. The van der Waals surface area contributed by atoms with Gasteiger partial charge in [-0.05, 0) is 41.0 Å². The first-order valence-electron chi connectivity index (χ1n) is 15.9. The number of amides is 1. The lowest BCUT2D eigenvalue weighted by molar-refractivity contribution is -0.118. The predicted molar refractivity (Wildman–Crippen MR) is 185 cm³/mol. The predicted octanol–water partition coefficient (Wildman–Crippen LogP) is 4.79. The fourth-order valence-electron chi connectivity index (χ4n) is 6.01. The van der Waals surface area contributed by atoms with Crippen LogP contribution in [0.15, 0.2) is 90.0 Å². The van der Waals surface area contributed by atoms with E-state index < -0.39 is 37.9 Å². The first kappa shape index (κ1) is 35.0. The van der Waals surface area contributed by atoms with Crippen molar-refractivity contribution in [2.75, 3.05) is 26.1 Å². The molecule has 3 aromatic carbocycles. The van der Waals surface area contributed by atoms with Crippen molar-refractivity contribution in [2.24, 2.45) is 5.92 Å². The number of aromatic nitrogens is 4. The number of rotatable bonds is 13. The number of nitrogens with zero attached hydrogens (tertiary/aromatic N) is 3. The highest BCUT2D eigenvalue weighted by Crippen LogP contribution is 2.44. The minimum Gasteiger partial charge on any atom is -0.497 e. The number of aromatic amines is 1. The third kappa shape index (κ3) is 7.07. The van der Waals surface area contributed by atoms with E-state index in [0.29, 0.717) is 11.5 Å². The second-order valence-corrected chi connectivity index (χ2v) is 12.8. The van der Waals surface area contributed by atoms with E-state index >= 15 is 0 Å². The van der Waals surface area contributed by atoms with Gasteiger partial charge in [-0.15, -0.1) is 0 Å². The van der Waals surface area contributed by atoms with E-state index in [1.54, 1.807) is 28.1 Å². The van der Waals surface area contributed by atoms with Gasteiger partial charge in [0.05, 0.1) is 33.3 Å². The highest BCUT2D eigenvalue weighted by molar-refractivity contribution is 7.32. The van der Waals surface area contributed by atoms with Crippen molar-refractivity contribution >= 4 is 31.3 Å². The van der Waals surface area contributed by atoms with E-state index in [0.717, 1.165) is 16.7 Å². The average molecular weight is 704 g/mol. The third-order valence-electron chi connectivity index (χ3n) is 8.58. The third-order valence-corrected chi connectivity index (χ3v) is 9.08. The SMILES string of the molecule is COc1ccc(C(OC[C@H]2O[C@@H](n3cnc4c(=O)[nH]c(NC(=O)C(C)C)nc43)CC2O[PH](=O)O)(c2ccccc2)c2ccc(OC)cc2)cc1. The molecule has 4 atom stereocenters. The van der Waals surface area contributed by atoms with Crippen molar-refractivity contribution < 1.29 is 37.7 Å².